The summed E-state index contributed by atoms with van der Waals surface area (Å²) < 4.78 is 0.999. The molecule has 96 valence electrons. The van der Waals surface area contributed by atoms with Crippen LogP contribution in [0.25, 0.3) is 0 Å². The molecule has 0 saturated heterocycles. The first kappa shape index (κ1) is 14.1. The van der Waals surface area contributed by atoms with Crippen molar-refractivity contribution in [3.8, 4) is 6.07 Å². The van der Waals surface area contributed by atoms with Gasteiger partial charge in [-0.2, -0.15) is 5.26 Å². The molecule has 4 heteroatoms. The first-order chi connectivity index (χ1) is 9.11. The number of benzene rings is 2. The summed E-state index contributed by atoms with van der Waals surface area (Å²) >= 11 is 5.04. The van der Waals surface area contributed by atoms with Crippen molar-refractivity contribution in [2.75, 3.05) is 0 Å². The van der Waals surface area contributed by atoms with Crippen LogP contribution in [-0.2, 0) is 0 Å². The summed E-state index contributed by atoms with van der Waals surface area (Å²) in [6.45, 7) is 1.73. The number of rotatable bonds is 3. The van der Waals surface area contributed by atoms with Crippen molar-refractivity contribution in [2.24, 2.45) is 0 Å². The van der Waals surface area contributed by atoms with E-state index < -0.39 is 6.10 Å². The van der Waals surface area contributed by atoms with Crippen molar-refractivity contribution in [3.63, 3.8) is 0 Å². The molecule has 0 spiro atoms. The van der Waals surface area contributed by atoms with Crippen LogP contribution >= 0.6 is 27.7 Å². The van der Waals surface area contributed by atoms with Crippen LogP contribution in [-0.4, -0.2) is 5.11 Å². The molecule has 2 rings (SSSR count). The van der Waals surface area contributed by atoms with Crippen LogP contribution in [0.4, 0.5) is 0 Å². The van der Waals surface area contributed by atoms with Crippen LogP contribution in [0.2, 0.25) is 0 Å². The first-order valence-electron chi connectivity index (χ1n) is 5.76. The molecular weight excluding hydrogens is 322 g/mol. The fourth-order valence-corrected chi connectivity index (χ4v) is 3.30. The van der Waals surface area contributed by atoms with Gasteiger partial charge in [0, 0.05) is 14.3 Å². The number of hydrogen-bond acceptors (Lipinski definition) is 3. The highest BCUT2D eigenvalue weighted by Gasteiger charge is 2.11. The molecule has 2 aromatic rings. The Labute approximate surface area is 125 Å². The number of aliphatic hydroxyl groups is 1. The van der Waals surface area contributed by atoms with E-state index in [1.165, 1.54) is 0 Å². The Hall–Kier alpha value is -1.28. The molecule has 0 bridgehead atoms. The summed E-state index contributed by atoms with van der Waals surface area (Å²) in [4.78, 5) is 1.96. The van der Waals surface area contributed by atoms with Gasteiger partial charge in [-0.15, -0.1) is 0 Å². The molecule has 19 heavy (non-hydrogen) atoms. The molecule has 0 aromatic heterocycles. The van der Waals surface area contributed by atoms with Gasteiger partial charge in [0.15, 0.2) is 0 Å². The molecular formula is C15H12BrNOS. The summed E-state index contributed by atoms with van der Waals surface area (Å²) in [6, 6.07) is 15.4. The van der Waals surface area contributed by atoms with E-state index in [-0.39, 0.29) is 0 Å². The molecule has 2 aromatic carbocycles. The lowest BCUT2D eigenvalue weighted by Gasteiger charge is -2.12. The van der Waals surface area contributed by atoms with Gasteiger partial charge in [0.2, 0.25) is 0 Å². The molecule has 0 radical (unpaired) electrons. The second kappa shape index (κ2) is 6.25. The van der Waals surface area contributed by atoms with Crippen molar-refractivity contribution in [1.29, 1.82) is 5.26 Å². The van der Waals surface area contributed by atoms with Gasteiger partial charge in [-0.1, -0.05) is 30.0 Å². The SMILES string of the molecule is C[C@@H](O)c1ccc(C#N)cc1Sc1ccccc1Br. The van der Waals surface area contributed by atoms with Crippen LogP contribution in [0.1, 0.15) is 24.2 Å². The lowest BCUT2D eigenvalue weighted by molar-refractivity contribution is 0.196. The van der Waals surface area contributed by atoms with E-state index in [2.05, 4.69) is 22.0 Å². The zero-order valence-corrected chi connectivity index (χ0v) is 12.7. The molecule has 0 aliphatic carbocycles. The fourth-order valence-electron chi connectivity index (χ4n) is 1.68. The second-order valence-corrected chi connectivity index (χ2v) is 6.01. The highest BCUT2D eigenvalue weighted by Crippen LogP contribution is 2.37. The number of hydrogen-bond donors (Lipinski definition) is 1. The van der Waals surface area contributed by atoms with Gasteiger partial charge in [-0.25, -0.2) is 0 Å². The molecule has 0 aliphatic rings. The minimum absolute atomic E-state index is 0.558. The van der Waals surface area contributed by atoms with Gasteiger partial charge in [0.25, 0.3) is 0 Å². The maximum absolute atomic E-state index is 9.81. The van der Waals surface area contributed by atoms with E-state index in [1.54, 1.807) is 24.8 Å². The van der Waals surface area contributed by atoms with Crippen LogP contribution < -0.4 is 0 Å². The predicted molar refractivity (Wildman–Crippen MR) is 80.1 cm³/mol. The van der Waals surface area contributed by atoms with Gasteiger partial charge < -0.3 is 5.11 Å². The largest absolute Gasteiger partial charge is 0.389 e. The monoisotopic (exact) mass is 333 g/mol. The Balaban J connectivity index is 2.44. The minimum Gasteiger partial charge on any atom is -0.389 e. The van der Waals surface area contributed by atoms with E-state index in [0.717, 1.165) is 19.8 Å². The van der Waals surface area contributed by atoms with Crippen molar-refractivity contribution in [2.45, 2.75) is 22.8 Å². The summed E-state index contributed by atoms with van der Waals surface area (Å²) in [5.74, 6) is 0. The van der Waals surface area contributed by atoms with Crippen molar-refractivity contribution in [3.05, 3.63) is 58.1 Å². The van der Waals surface area contributed by atoms with Gasteiger partial charge in [-0.05, 0) is 52.7 Å². The van der Waals surface area contributed by atoms with E-state index in [0.29, 0.717) is 5.56 Å². The molecule has 0 unspecified atom stereocenters. The van der Waals surface area contributed by atoms with Crippen molar-refractivity contribution in [1.82, 2.24) is 0 Å². The third-order valence-electron chi connectivity index (χ3n) is 2.65. The van der Waals surface area contributed by atoms with Gasteiger partial charge >= 0.3 is 0 Å². The molecule has 0 heterocycles. The van der Waals surface area contributed by atoms with Crippen molar-refractivity contribution < 1.29 is 5.11 Å². The van der Waals surface area contributed by atoms with E-state index >= 15 is 0 Å². The Morgan fingerprint density at radius 2 is 1.95 bits per heavy atom. The Kier molecular flexibility index (Phi) is 4.65. The van der Waals surface area contributed by atoms with Crippen LogP contribution in [0.5, 0.6) is 0 Å². The highest BCUT2D eigenvalue weighted by molar-refractivity contribution is 9.10. The second-order valence-electron chi connectivity index (χ2n) is 4.07. The number of aliphatic hydroxyl groups excluding tert-OH is 1. The minimum atomic E-state index is -0.558. The molecule has 0 saturated carbocycles. The summed E-state index contributed by atoms with van der Waals surface area (Å²) in [5, 5.41) is 18.8. The van der Waals surface area contributed by atoms with Gasteiger partial charge in [-0.3, -0.25) is 0 Å². The number of nitrogens with zero attached hydrogens (tertiary/aromatic N) is 1. The third kappa shape index (κ3) is 3.38. The van der Waals surface area contributed by atoms with Crippen LogP contribution in [0, 0.1) is 11.3 Å². The van der Waals surface area contributed by atoms with Gasteiger partial charge in [0.05, 0.1) is 17.7 Å². The smallest absolute Gasteiger partial charge is 0.0992 e. The lowest BCUT2D eigenvalue weighted by atomic mass is 10.1. The molecule has 2 nitrogen and oxygen atoms in total. The summed E-state index contributed by atoms with van der Waals surface area (Å²) in [6.07, 6.45) is -0.558. The first-order valence-corrected chi connectivity index (χ1v) is 7.37. The van der Waals surface area contributed by atoms with Crippen molar-refractivity contribution >= 4 is 27.7 Å². The molecule has 0 fully saturated rings. The zero-order chi connectivity index (χ0) is 13.8. The normalized spacial score (nSPS) is 11.9. The zero-order valence-electron chi connectivity index (χ0n) is 10.3. The van der Waals surface area contributed by atoms with E-state index in [4.69, 9.17) is 5.26 Å². The molecule has 0 aliphatic heterocycles. The van der Waals surface area contributed by atoms with Crippen LogP contribution in [0.3, 0.4) is 0 Å². The summed E-state index contributed by atoms with van der Waals surface area (Å²) in [5.41, 5.74) is 1.43. The van der Waals surface area contributed by atoms with Gasteiger partial charge in [0.1, 0.15) is 0 Å². The highest BCUT2D eigenvalue weighted by atomic mass is 79.9. The Morgan fingerprint density at radius 1 is 1.21 bits per heavy atom. The number of halogens is 1. The average molecular weight is 334 g/mol. The summed E-state index contributed by atoms with van der Waals surface area (Å²) in [7, 11) is 0. The van der Waals surface area contributed by atoms with E-state index in [9.17, 15) is 5.11 Å². The average Bonchev–Trinajstić information content (AvgIpc) is 2.41. The molecule has 1 atom stereocenters. The molecule has 1 N–H and O–H groups in total. The fraction of sp³-hybridized carbons (Fsp3) is 0.133. The maximum Gasteiger partial charge on any atom is 0.0992 e. The Bertz CT molecular complexity index is 634. The standard InChI is InChI=1S/C15H12BrNOS/c1-10(18)12-7-6-11(9-17)8-15(12)19-14-5-3-2-4-13(14)16/h2-8,10,18H,1H3/t10-/m1/s1. The Morgan fingerprint density at radius 3 is 2.58 bits per heavy atom. The lowest BCUT2D eigenvalue weighted by Crippen LogP contribution is -1.95. The number of nitriles is 1. The maximum atomic E-state index is 9.81. The molecule has 0 amide bonds. The topological polar surface area (TPSA) is 44.0 Å². The predicted octanol–water partition coefficient (Wildman–Crippen LogP) is 4.53. The van der Waals surface area contributed by atoms with Crippen LogP contribution in [0.15, 0.2) is 56.7 Å². The quantitative estimate of drug-likeness (QED) is 0.897. The van der Waals surface area contributed by atoms with E-state index in [1.807, 2.05) is 36.4 Å². The third-order valence-corrected chi connectivity index (χ3v) is 4.75.